The van der Waals surface area contributed by atoms with Crippen LogP contribution in [0.4, 0.5) is 28.4 Å². The van der Waals surface area contributed by atoms with Crippen LogP contribution in [0.1, 0.15) is 54.9 Å². The summed E-state index contributed by atoms with van der Waals surface area (Å²) in [4.78, 5) is 54.4. The fraction of sp³-hybridized carbons (Fsp3) is 0.595. The molecule has 1 atom stereocenters. The van der Waals surface area contributed by atoms with Crippen molar-refractivity contribution in [3.8, 4) is 0 Å². The number of urea groups is 1. The molecule has 0 unspecified atom stereocenters. The number of aryl methyl sites for hydroxylation is 1. The smallest absolute Gasteiger partial charge is 0.351 e. The van der Waals surface area contributed by atoms with Crippen LogP contribution < -0.4 is 10.6 Å². The molecule has 0 spiro atoms. The molecule has 11 nitrogen and oxygen atoms in total. The van der Waals surface area contributed by atoms with E-state index in [1.54, 1.807) is 16.9 Å². The SMILES string of the molecule is CCc1cc(C[C@@H](NC(=O)ON2CCC(N3CCc4ccccc4NC3=O)CC2)C(=O)N2CCC(N3CCN(C)CC3)CC2)ccc1C(F)(F)F. The topological polar surface area (TPSA) is 101 Å². The van der Waals surface area contributed by atoms with Gasteiger partial charge in [-0.1, -0.05) is 37.3 Å². The lowest BCUT2D eigenvalue weighted by molar-refractivity contribution is -0.138. The van der Waals surface area contributed by atoms with E-state index in [-0.39, 0.29) is 36.4 Å². The number of nitrogens with one attached hydrogen (secondary N) is 2. The predicted molar refractivity (Wildman–Crippen MR) is 187 cm³/mol. The number of likely N-dealkylation sites (tertiary alicyclic amines) is 1. The summed E-state index contributed by atoms with van der Waals surface area (Å²) in [7, 11) is 2.12. The van der Waals surface area contributed by atoms with Crippen molar-refractivity contribution in [3.05, 3.63) is 64.7 Å². The summed E-state index contributed by atoms with van der Waals surface area (Å²) in [6.07, 6.45) is -1.46. The van der Waals surface area contributed by atoms with E-state index in [2.05, 4.69) is 27.5 Å². The second kappa shape index (κ2) is 16.2. The quantitative estimate of drug-likeness (QED) is 0.413. The van der Waals surface area contributed by atoms with E-state index in [4.69, 9.17) is 4.84 Å². The van der Waals surface area contributed by atoms with Gasteiger partial charge in [0.25, 0.3) is 0 Å². The Hall–Kier alpha value is -3.88. The Labute approximate surface area is 298 Å². The molecule has 2 aromatic rings. The van der Waals surface area contributed by atoms with E-state index < -0.39 is 23.9 Å². The zero-order valence-corrected chi connectivity index (χ0v) is 29.6. The molecule has 51 heavy (non-hydrogen) atoms. The molecule has 0 bridgehead atoms. The van der Waals surface area contributed by atoms with Gasteiger partial charge in [-0.15, -0.1) is 5.06 Å². The Kier molecular flexibility index (Phi) is 11.7. The predicted octanol–water partition coefficient (Wildman–Crippen LogP) is 4.61. The minimum atomic E-state index is -4.48. The first-order chi connectivity index (χ1) is 24.5. The summed E-state index contributed by atoms with van der Waals surface area (Å²) in [5.41, 5.74) is 1.90. The van der Waals surface area contributed by atoms with E-state index in [1.807, 2.05) is 29.2 Å². The molecule has 3 fully saturated rings. The number of piperazine rings is 1. The average molecular weight is 714 g/mol. The molecule has 0 radical (unpaired) electrons. The first-order valence-electron chi connectivity index (χ1n) is 18.3. The van der Waals surface area contributed by atoms with Crippen LogP contribution in [-0.4, -0.2) is 127 Å². The highest BCUT2D eigenvalue weighted by Crippen LogP contribution is 2.33. The number of amides is 4. The summed E-state index contributed by atoms with van der Waals surface area (Å²) < 4.78 is 40.9. The number of likely N-dealkylation sites (N-methyl/N-ethyl adjacent to an activating group) is 1. The number of hydrogen-bond acceptors (Lipinski definition) is 7. The molecule has 4 aliphatic rings. The van der Waals surface area contributed by atoms with Crippen LogP contribution in [-0.2, 0) is 35.1 Å². The first-order valence-corrected chi connectivity index (χ1v) is 18.3. The first kappa shape index (κ1) is 36.9. The van der Waals surface area contributed by atoms with Crippen molar-refractivity contribution < 1.29 is 32.4 Å². The molecule has 278 valence electrons. The lowest BCUT2D eigenvalue weighted by atomic mass is 9.96. The minimum absolute atomic E-state index is 0.0160. The zero-order chi connectivity index (χ0) is 36.1. The minimum Gasteiger partial charge on any atom is -0.351 e. The Morgan fingerprint density at radius 1 is 0.922 bits per heavy atom. The van der Waals surface area contributed by atoms with Crippen molar-refractivity contribution in [2.24, 2.45) is 0 Å². The fourth-order valence-corrected chi connectivity index (χ4v) is 7.91. The van der Waals surface area contributed by atoms with Crippen LogP contribution in [0.25, 0.3) is 0 Å². The summed E-state index contributed by atoms with van der Waals surface area (Å²) in [6.45, 7) is 8.18. The maximum atomic E-state index is 14.0. The van der Waals surface area contributed by atoms with Crippen molar-refractivity contribution in [3.63, 3.8) is 0 Å². The van der Waals surface area contributed by atoms with Crippen LogP contribution in [0.5, 0.6) is 0 Å². The van der Waals surface area contributed by atoms with E-state index >= 15 is 0 Å². The molecule has 0 aliphatic carbocycles. The van der Waals surface area contributed by atoms with Gasteiger partial charge in [0.1, 0.15) is 6.04 Å². The van der Waals surface area contributed by atoms with Gasteiger partial charge in [0.05, 0.1) is 5.56 Å². The van der Waals surface area contributed by atoms with Crippen molar-refractivity contribution >= 4 is 23.7 Å². The zero-order valence-electron chi connectivity index (χ0n) is 29.6. The highest BCUT2D eigenvalue weighted by Gasteiger charge is 2.36. The number of carbonyl (C=O) groups is 3. The Morgan fingerprint density at radius 2 is 1.61 bits per heavy atom. The van der Waals surface area contributed by atoms with Gasteiger partial charge in [0, 0.05) is 83.1 Å². The van der Waals surface area contributed by atoms with Gasteiger partial charge in [-0.05, 0) is 74.4 Å². The van der Waals surface area contributed by atoms with Gasteiger partial charge in [-0.25, -0.2) is 9.59 Å². The van der Waals surface area contributed by atoms with E-state index in [9.17, 15) is 27.6 Å². The standard InChI is InChI=1S/C37H50F3N7O4/c1-3-27-24-26(8-9-31(27)37(38,39)40)25-33(34(48)45-15-11-29(12-16-45)44-22-20-43(2)21-23-44)42-36(50)51-46-17-13-30(14-18-46)47-19-10-28-6-4-5-7-32(28)41-35(47)49/h4-9,24,29-30,33H,3,10-23,25H2,1-2H3,(H,41,49)(H,42,50)/t33-/m1/s1. The molecule has 14 heteroatoms. The fourth-order valence-electron chi connectivity index (χ4n) is 7.91. The molecule has 6 rings (SSSR count). The molecule has 3 saturated heterocycles. The summed E-state index contributed by atoms with van der Waals surface area (Å²) in [5, 5.41) is 7.33. The van der Waals surface area contributed by atoms with Crippen molar-refractivity contribution in [2.75, 3.05) is 71.3 Å². The summed E-state index contributed by atoms with van der Waals surface area (Å²) in [5.74, 6) is -0.270. The average Bonchev–Trinajstić information content (AvgIpc) is 3.29. The third-order valence-corrected chi connectivity index (χ3v) is 10.9. The Morgan fingerprint density at radius 3 is 2.29 bits per heavy atom. The number of anilines is 1. The Bertz CT molecular complexity index is 1530. The summed E-state index contributed by atoms with van der Waals surface area (Å²) >= 11 is 0. The number of rotatable bonds is 8. The molecule has 4 heterocycles. The van der Waals surface area contributed by atoms with Crippen molar-refractivity contribution in [1.29, 1.82) is 0 Å². The second-order valence-electron chi connectivity index (χ2n) is 14.2. The third kappa shape index (κ3) is 9.14. The lowest BCUT2D eigenvalue weighted by Gasteiger charge is -2.42. The number of para-hydroxylation sites is 1. The number of nitrogens with zero attached hydrogens (tertiary/aromatic N) is 5. The van der Waals surface area contributed by atoms with Gasteiger partial charge in [0.15, 0.2) is 0 Å². The van der Waals surface area contributed by atoms with Crippen LogP contribution >= 0.6 is 0 Å². The highest BCUT2D eigenvalue weighted by molar-refractivity contribution is 5.91. The van der Waals surface area contributed by atoms with Crippen LogP contribution in [0, 0.1) is 0 Å². The largest absolute Gasteiger partial charge is 0.426 e. The molecule has 0 aromatic heterocycles. The molecule has 2 aromatic carbocycles. The van der Waals surface area contributed by atoms with Crippen molar-refractivity contribution in [2.45, 2.75) is 76.2 Å². The number of carbonyl (C=O) groups excluding carboxylic acids is 3. The van der Waals surface area contributed by atoms with Gasteiger partial charge >= 0.3 is 18.3 Å². The number of fused-ring (bicyclic) bond motifs is 1. The molecular weight excluding hydrogens is 663 g/mol. The number of halogens is 3. The highest BCUT2D eigenvalue weighted by atomic mass is 19.4. The number of alkyl halides is 3. The van der Waals surface area contributed by atoms with Crippen LogP contribution in [0.15, 0.2) is 42.5 Å². The molecule has 0 saturated carbocycles. The number of hydroxylamine groups is 2. The maximum Gasteiger partial charge on any atom is 0.426 e. The molecule has 2 N–H and O–H groups in total. The van der Waals surface area contributed by atoms with Crippen molar-refractivity contribution in [1.82, 2.24) is 30.0 Å². The number of hydrogen-bond donors (Lipinski definition) is 2. The maximum absolute atomic E-state index is 14.0. The number of piperidine rings is 2. The molecule has 4 amide bonds. The Balaban J connectivity index is 1.07. The van der Waals surface area contributed by atoms with Crippen LogP contribution in [0.3, 0.4) is 0 Å². The molecular formula is C37H50F3N7O4. The normalized spacial score (nSPS) is 21.1. The summed E-state index contributed by atoms with van der Waals surface area (Å²) in [6, 6.07) is 10.9. The van der Waals surface area contributed by atoms with E-state index in [0.717, 1.165) is 62.8 Å². The van der Waals surface area contributed by atoms with Gasteiger partial charge < -0.3 is 30.2 Å². The van der Waals surface area contributed by atoms with Gasteiger partial charge in [-0.2, -0.15) is 13.2 Å². The number of benzene rings is 2. The van der Waals surface area contributed by atoms with Crippen LogP contribution in [0.2, 0.25) is 0 Å². The van der Waals surface area contributed by atoms with Gasteiger partial charge in [-0.3, -0.25) is 9.69 Å². The molecule has 4 aliphatic heterocycles. The van der Waals surface area contributed by atoms with E-state index in [1.165, 1.54) is 12.1 Å². The second-order valence-corrected chi connectivity index (χ2v) is 14.2. The monoisotopic (exact) mass is 713 g/mol. The van der Waals surface area contributed by atoms with Gasteiger partial charge in [0.2, 0.25) is 5.91 Å². The van der Waals surface area contributed by atoms with E-state index in [0.29, 0.717) is 57.2 Å². The third-order valence-electron chi connectivity index (χ3n) is 10.9. The lowest BCUT2D eigenvalue weighted by Crippen LogP contribution is -2.56.